The summed E-state index contributed by atoms with van der Waals surface area (Å²) in [4.78, 5) is 15.8. The van der Waals surface area contributed by atoms with Crippen LogP contribution >= 0.6 is 11.6 Å². The topological polar surface area (TPSA) is 88.2 Å². The minimum absolute atomic E-state index is 0.212. The number of nitrogens with zero attached hydrogens (tertiary/aromatic N) is 2. The number of anilines is 2. The number of halogens is 4. The third kappa shape index (κ3) is 4.08. The molecular weight excluding hydrogens is 469 g/mol. The van der Waals surface area contributed by atoms with Crippen LogP contribution in [0.25, 0.3) is 22.5 Å². The highest BCUT2D eigenvalue weighted by Gasteiger charge is 2.30. The zero-order valence-corrected chi connectivity index (χ0v) is 18.3. The summed E-state index contributed by atoms with van der Waals surface area (Å²) in [6.45, 7) is 0.657. The van der Waals surface area contributed by atoms with Crippen molar-refractivity contribution in [2.24, 2.45) is 5.73 Å². The van der Waals surface area contributed by atoms with Crippen LogP contribution in [0.2, 0.25) is 5.02 Å². The van der Waals surface area contributed by atoms with Gasteiger partial charge in [0, 0.05) is 29.5 Å². The molecule has 2 heterocycles. The first-order chi connectivity index (χ1) is 16.2. The maximum absolute atomic E-state index is 12.9. The molecule has 0 saturated carbocycles. The van der Waals surface area contributed by atoms with E-state index in [1.807, 2.05) is 24.3 Å². The minimum atomic E-state index is -4.38. The Labute approximate surface area is 196 Å². The van der Waals surface area contributed by atoms with E-state index in [4.69, 9.17) is 17.3 Å². The van der Waals surface area contributed by atoms with E-state index in [0.29, 0.717) is 29.1 Å². The predicted octanol–water partition coefficient (Wildman–Crippen LogP) is 5.91. The maximum Gasteiger partial charge on any atom is 0.439 e. The lowest BCUT2D eigenvalue weighted by atomic mass is 9.92. The van der Waals surface area contributed by atoms with E-state index in [2.05, 4.69) is 19.6 Å². The Morgan fingerprint density at radius 2 is 1.79 bits per heavy atom. The van der Waals surface area contributed by atoms with Gasteiger partial charge in [-0.1, -0.05) is 35.0 Å². The predicted molar refractivity (Wildman–Crippen MR) is 123 cm³/mol. The number of aromatic amines is 1. The molecule has 4 aromatic rings. The Bertz CT molecular complexity index is 1410. The molecule has 3 N–H and O–H groups in total. The van der Waals surface area contributed by atoms with Crippen molar-refractivity contribution in [2.75, 3.05) is 11.4 Å². The summed E-state index contributed by atoms with van der Waals surface area (Å²) in [5, 5.41) is 4.06. The van der Waals surface area contributed by atoms with Gasteiger partial charge in [-0.3, -0.25) is 9.51 Å². The maximum atomic E-state index is 12.9. The zero-order chi connectivity index (χ0) is 24.0. The molecule has 1 atom stereocenters. The van der Waals surface area contributed by atoms with Crippen LogP contribution in [-0.4, -0.2) is 16.7 Å². The van der Waals surface area contributed by atoms with Crippen LogP contribution in [0.3, 0.4) is 0 Å². The molecule has 1 aliphatic heterocycles. The molecule has 34 heavy (non-hydrogen) atoms. The van der Waals surface area contributed by atoms with Crippen molar-refractivity contribution in [2.45, 2.75) is 18.6 Å². The third-order valence-electron chi connectivity index (χ3n) is 5.89. The molecule has 0 amide bonds. The van der Waals surface area contributed by atoms with Gasteiger partial charge in [0.05, 0.1) is 10.6 Å². The second kappa shape index (κ2) is 8.34. The number of nitrogens with one attached hydrogen (secondary N) is 1. The molecule has 0 radical (unpaired) electrons. The highest BCUT2D eigenvalue weighted by molar-refractivity contribution is 6.33. The molecule has 0 spiro atoms. The fraction of sp³-hybridized carbons (Fsp3) is 0.167. The van der Waals surface area contributed by atoms with E-state index in [9.17, 15) is 18.0 Å². The number of alkyl halides is 3. The second-order valence-corrected chi connectivity index (χ2v) is 8.41. The molecule has 1 aromatic heterocycles. The monoisotopic (exact) mass is 486 g/mol. The summed E-state index contributed by atoms with van der Waals surface area (Å²) in [5.41, 5.74) is 10.3. The number of hydrogen-bond acceptors (Lipinski definition) is 5. The van der Waals surface area contributed by atoms with Crippen molar-refractivity contribution < 1.29 is 17.7 Å². The molecule has 6 nitrogen and oxygen atoms in total. The number of nitrogens with two attached hydrogens (primary N) is 1. The van der Waals surface area contributed by atoms with Gasteiger partial charge in [0.1, 0.15) is 0 Å². The van der Waals surface area contributed by atoms with Crippen molar-refractivity contribution in [3.8, 4) is 22.5 Å². The van der Waals surface area contributed by atoms with Gasteiger partial charge in [-0.2, -0.15) is 13.2 Å². The quantitative estimate of drug-likeness (QED) is 0.376. The molecule has 3 aromatic carbocycles. The second-order valence-electron chi connectivity index (χ2n) is 8.00. The van der Waals surface area contributed by atoms with Gasteiger partial charge >= 0.3 is 11.9 Å². The van der Waals surface area contributed by atoms with Crippen molar-refractivity contribution in [3.63, 3.8) is 0 Å². The minimum Gasteiger partial charge on any atom is -0.341 e. The van der Waals surface area contributed by atoms with Crippen molar-refractivity contribution in [1.82, 2.24) is 10.1 Å². The van der Waals surface area contributed by atoms with Crippen LogP contribution < -0.4 is 16.4 Å². The normalized spacial score (nSPS) is 15.9. The van der Waals surface area contributed by atoms with E-state index >= 15 is 0 Å². The van der Waals surface area contributed by atoms with Gasteiger partial charge in [-0.05, 0) is 65.6 Å². The Morgan fingerprint density at radius 3 is 2.44 bits per heavy atom. The fourth-order valence-electron chi connectivity index (χ4n) is 4.15. The lowest BCUT2D eigenvalue weighted by molar-refractivity contribution is -0.137. The van der Waals surface area contributed by atoms with E-state index in [1.165, 1.54) is 12.1 Å². The van der Waals surface area contributed by atoms with E-state index < -0.39 is 17.5 Å². The highest BCUT2D eigenvalue weighted by atomic mass is 35.5. The standard InChI is InChI=1S/C24H18ClF3N4O2/c25-19-12-16(6-7-17(19)22-30-23(33)34-31-22)32-10-9-20(29)18-11-14(3-8-21(18)32)13-1-4-15(5-2-13)24(26,27)28/h1-8,11-12,20H,9-10,29H2,(H,30,31,33). The first-order valence-corrected chi connectivity index (χ1v) is 10.8. The van der Waals surface area contributed by atoms with E-state index in [1.54, 1.807) is 12.1 Å². The van der Waals surface area contributed by atoms with Crippen molar-refractivity contribution in [3.05, 3.63) is 87.4 Å². The van der Waals surface area contributed by atoms with Crippen LogP contribution in [-0.2, 0) is 6.18 Å². The average molecular weight is 487 g/mol. The van der Waals surface area contributed by atoms with E-state index in [0.717, 1.165) is 34.6 Å². The molecule has 0 aliphatic carbocycles. The molecule has 0 fully saturated rings. The number of hydrogen-bond donors (Lipinski definition) is 2. The van der Waals surface area contributed by atoms with Gasteiger partial charge in [0.15, 0.2) is 5.82 Å². The SMILES string of the molecule is NC1CCN(c2ccc(-c3noc(=O)[nH]3)c(Cl)c2)c2ccc(-c3ccc(C(F)(F)F)cc3)cc21. The summed E-state index contributed by atoms with van der Waals surface area (Å²) < 4.78 is 43.2. The number of aromatic nitrogens is 2. The zero-order valence-electron chi connectivity index (χ0n) is 17.6. The summed E-state index contributed by atoms with van der Waals surface area (Å²) in [7, 11) is 0. The van der Waals surface area contributed by atoms with Gasteiger partial charge in [0.2, 0.25) is 0 Å². The molecule has 174 valence electrons. The van der Waals surface area contributed by atoms with Crippen LogP contribution in [0.15, 0.2) is 70.0 Å². The summed E-state index contributed by atoms with van der Waals surface area (Å²) in [6.07, 6.45) is -3.70. The molecule has 5 rings (SSSR count). The molecule has 0 saturated heterocycles. The van der Waals surface area contributed by atoms with Crippen molar-refractivity contribution >= 4 is 23.0 Å². The Kier molecular flexibility index (Phi) is 5.45. The number of fused-ring (bicyclic) bond motifs is 1. The van der Waals surface area contributed by atoms with Gasteiger partial charge < -0.3 is 10.6 Å². The van der Waals surface area contributed by atoms with Crippen LogP contribution in [0.5, 0.6) is 0 Å². The van der Waals surface area contributed by atoms with Crippen LogP contribution in [0.4, 0.5) is 24.5 Å². The number of benzene rings is 3. The summed E-state index contributed by atoms with van der Waals surface area (Å²) >= 11 is 6.46. The average Bonchev–Trinajstić information content (AvgIpc) is 3.24. The molecule has 0 bridgehead atoms. The lowest BCUT2D eigenvalue weighted by Crippen LogP contribution is -2.30. The fourth-order valence-corrected chi connectivity index (χ4v) is 4.42. The molecular formula is C24H18ClF3N4O2. The van der Waals surface area contributed by atoms with Gasteiger partial charge in [-0.15, -0.1) is 0 Å². The number of H-pyrrole nitrogens is 1. The summed E-state index contributed by atoms with van der Waals surface area (Å²) in [5.74, 6) is -0.429. The molecule has 1 aliphatic rings. The lowest BCUT2D eigenvalue weighted by Gasteiger charge is -2.35. The first-order valence-electron chi connectivity index (χ1n) is 10.4. The summed E-state index contributed by atoms with van der Waals surface area (Å²) in [6, 6.07) is 15.9. The van der Waals surface area contributed by atoms with Gasteiger partial charge in [-0.25, -0.2) is 4.79 Å². The van der Waals surface area contributed by atoms with Crippen molar-refractivity contribution in [1.29, 1.82) is 0 Å². The molecule has 10 heteroatoms. The Balaban J connectivity index is 1.48. The smallest absolute Gasteiger partial charge is 0.341 e. The Hall–Kier alpha value is -3.56. The van der Waals surface area contributed by atoms with Crippen LogP contribution in [0.1, 0.15) is 23.6 Å². The largest absolute Gasteiger partial charge is 0.439 e. The van der Waals surface area contributed by atoms with Gasteiger partial charge in [0.25, 0.3) is 0 Å². The van der Waals surface area contributed by atoms with Crippen LogP contribution in [0, 0.1) is 0 Å². The number of rotatable bonds is 3. The molecule has 1 unspecified atom stereocenters. The Morgan fingerprint density at radius 1 is 1.06 bits per heavy atom. The highest BCUT2D eigenvalue weighted by Crippen LogP contribution is 2.41. The van der Waals surface area contributed by atoms with E-state index in [-0.39, 0.29) is 11.9 Å². The third-order valence-corrected chi connectivity index (χ3v) is 6.20. The first kappa shape index (κ1) is 22.2.